The highest BCUT2D eigenvalue weighted by molar-refractivity contribution is 7.99. The molecule has 6 heteroatoms. The first kappa shape index (κ1) is 18.4. The normalized spacial score (nSPS) is 16.7. The number of carbonyl (C=O) groups excluding carboxylic acids is 1. The molecule has 1 saturated heterocycles. The van der Waals surface area contributed by atoms with E-state index < -0.39 is 0 Å². The molecule has 1 aliphatic heterocycles. The Morgan fingerprint density at radius 2 is 2.11 bits per heavy atom. The third-order valence-electron chi connectivity index (χ3n) is 4.68. The van der Waals surface area contributed by atoms with Crippen LogP contribution in [0, 0.1) is 6.92 Å². The van der Waals surface area contributed by atoms with Crippen molar-refractivity contribution in [2.45, 2.75) is 35.7 Å². The van der Waals surface area contributed by atoms with Crippen LogP contribution in [0.1, 0.15) is 28.9 Å². The Hall–Kier alpha value is -1.95. The van der Waals surface area contributed by atoms with E-state index in [-0.39, 0.29) is 12.0 Å². The first-order chi connectivity index (χ1) is 13.1. The molecule has 4 rings (SSSR count). The van der Waals surface area contributed by atoms with Crippen molar-refractivity contribution in [2.24, 2.45) is 0 Å². The molecule has 0 spiro atoms. The smallest absolute Gasteiger partial charge is 0.269 e. The van der Waals surface area contributed by atoms with Crippen LogP contribution >= 0.6 is 23.4 Å². The van der Waals surface area contributed by atoms with Gasteiger partial charge in [-0.05, 0) is 55.7 Å². The molecule has 1 aromatic heterocycles. The minimum atomic E-state index is -0.101. The fourth-order valence-electron chi connectivity index (χ4n) is 3.27. The van der Waals surface area contributed by atoms with Gasteiger partial charge in [0.15, 0.2) is 0 Å². The van der Waals surface area contributed by atoms with Gasteiger partial charge in [0.25, 0.3) is 5.91 Å². The Balaban J connectivity index is 1.65. The van der Waals surface area contributed by atoms with Crippen LogP contribution in [0.4, 0.5) is 0 Å². The summed E-state index contributed by atoms with van der Waals surface area (Å²) in [6.45, 7) is 3.37. The molecule has 1 aliphatic rings. The monoisotopic (exact) mass is 400 g/mol. The first-order valence-corrected chi connectivity index (χ1v) is 10.2. The van der Waals surface area contributed by atoms with Gasteiger partial charge in [-0.15, -0.1) is 0 Å². The zero-order chi connectivity index (χ0) is 18.8. The quantitative estimate of drug-likeness (QED) is 0.619. The number of aromatic amines is 1. The molecule has 2 N–H and O–H groups in total. The highest BCUT2D eigenvalue weighted by Gasteiger charge is 2.21. The number of aryl methyl sites for hydroxylation is 1. The maximum absolute atomic E-state index is 12.9. The second-order valence-electron chi connectivity index (χ2n) is 6.78. The lowest BCUT2D eigenvalue weighted by atomic mass is 10.2. The Labute approximate surface area is 167 Å². The lowest BCUT2D eigenvalue weighted by Crippen LogP contribution is -2.32. The molecule has 3 aromatic rings. The molecule has 2 aromatic carbocycles. The second kappa shape index (κ2) is 7.97. The maximum atomic E-state index is 12.9. The Morgan fingerprint density at radius 1 is 1.30 bits per heavy atom. The molecule has 0 saturated carbocycles. The molecule has 0 radical (unpaired) electrons. The number of H-pyrrole nitrogens is 1. The lowest BCUT2D eigenvalue weighted by Gasteiger charge is -2.11. The van der Waals surface area contributed by atoms with E-state index in [1.807, 2.05) is 31.2 Å². The van der Waals surface area contributed by atoms with Crippen LogP contribution < -0.4 is 5.32 Å². The zero-order valence-corrected chi connectivity index (χ0v) is 16.6. The number of hydrogen-bond donors (Lipinski definition) is 2. The van der Waals surface area contributed by atoms with Gasteiger partial charge in [0.1, 0.15) is 5.69 Å². The molecule has 1 amide bonds. The molecule has 1 fully saturated rings. The number of nitrogens with one attached hydrogen (secondary N) is 2. The number of rotatable bonds is 5. The number of fused-ring (bicyclic) bond motifs is 1. The minimum absolute atomic E-state index is 0.101. The Bertz CT molecular complexity index is 962. The first-order valence-electron chi connectivity index (χ1n) is 9.06. The van der Waals surface area contributed by atoms with Crippen LogP contribution in [0.5, 0.6) is 0 Å². The van der Waals surface area contributed by atoms with Gasteiger partial charge in [-0.25, -0.2) is 0 Å². The lowest BCUT2D eigenvalue weighted by molar-refractivity contribution is 0.0852. The summed E-state index contributed by atoms with van der Waals surface area (Å²) < 4.78 is 5.61. The molecule has 1 atom stereocenters. The van der Waals surface area contributed by atoms with Crippen LogP contribution in [0.3, 0.4) is 0 Å². The highest BCUT2D eigenvalue weighted by Crippen LogP contribution is 2.37. The average Bonchev–Trinajstić information content (AvgIpc) is 3.29. The van der Waals surface area contributed by atoms with Crippen LogP contribution in [-0.2, 0) is 4.74 Å². The van der Waals surface area contributed by atoms with Gasteiger partial charge in [0.05, 0.1) is 11.0 Å². The van der Waals surface area contributed by atoms with E-state index in [0.717, 1.165) is 45.7 Å². The van der Waals surface area contributed by atoms with Crippen LogP contribution in [0.2, 0.25) is 5.02 Å². The van der Waals surface area contributed by atoms with Gasteiger partial charge >= 0.3 is 0 Å². The van der Waals surface area contributed by atoms with Crippen LogP contribution in [0.25, 0.3) is 10.9 Å². The SMILES string of the molecule is Cc1ccc2c(Sc3ccc(Cl)cc3)c(C(=O)NC[C@@H]3CCCO3)[nH]c2c1. The summed E-state index contributed by atoms with van der Waals surface area (Å²) in [5, 5.41) is 4.76. The molecular weight excluding hydrogens is 380 g/mol. The number of aromatic nitrogens is 1. The zero-order valence-electron chi connectivity index (χ0n) is 15.0. The van der Waals surface area contributed by atoms with E-state index >= 15 is 0 Å². The number of halogens is 1. The number of hydrogen-bond acceptors (Lipinski definition) is 3. The third-order valence-corrected chi connectivity index (χ3v) is 6.07. The molecule has 27 heavy (non-hydrogen) atoms. The second-order valence-corrected chi connectivity index (χ2v) is 8.30. The van der Waals surface area contributed by atoms with Gasteiger partial charge in [-0.1, -0.05) is 35.5 Å². The van der Waals surface area contributed by atoms with E-state index in [1.54, 1.807) is 11.8 Å². The highest BCUT2D eigenvalue weighted by atomic mass is 35.5. The van der Waals surface area contributed by atoms with Crippen molar-refractivity contribution in [1.29, 1.82) is 0 Å². The minimum Gasteiger partial charge on any atom is -0.376 e. The number of ether oxygens (including phenoxy) is 1. The average molecular weight is 401 g/mol. The molecule has 140 valence electrons. The van der Waals surface area contributed by atoms with Gasteiger partial charge in [0.2, 0.25) is 0 Å². The van der Waals surface area contributed by atoms with Crippen molar-refractivity contribution in [1.82, 2.24) is 10.3 Å². The summed E-state index contributed by atoms with van der Waals surface area (Å²) in [6.07, 6.45) is 2.18. The van der Waals surface area contributed by atoms with Gasteiger partial charge in [0, 0.05) is 34.0 Å². The molecule has 4 nitrogen and oxygen atoms in total. The summed E-state index contributed by atoms with van der Waals surface area (Å²) in [5.74, 6) is -0.101. The fourth-order valence-corrected chi connectivity index (χ4v) is 4.44. The number of carbonyl (C=O) groups is 1. The predicted molar refractivity (Wildman–Crippen MR) is 110 cm³/mol. The summed E-state index contributed by atoms with van der Waals surface area (Å²) in [4.78, 5) is 18.2. The Kier molecular flexibility index (Phi) is 5.43. The van der Waals surface area contributed by atoms with Gasteiger partial charge < -0.3 is 15.0 Å². The summed E-state index contributed by atoms with van der Waals surface area (Å²) >= 11 is 7.57. The third kappa shape index (κ3) is 4.15. The van der Waals surface area contributed by atoms with Crippen molar-refractivity contribution in [2.75, 3.05) is 13.2 Å². The van der Waals surface area contributed by atoms with E-state index in [1.165, 1.54) is 0 Å². The fraction of sp³-hybridized carbons (Fsp3) is 0.286. The number of benzene rings is 2. The molecule has 0 aliphatic carbocycles. The summed E-state index contributed by atoms with van der Waals surface area (Å²) in [5.41, 5.74) is 2.71. The maximum Gasteiger partial charge on any atom is 0.269 e. The number of amides is 1. The van der Waals surface area contributed by atoms with Crippen molar-refractivity contribution < 1.29 is 9.53 Å². The van der Waals surface area contributed by atoms with Crippen molar-refractivity contribution in [3.8, 4) is 0 Å². The van der Waals surface area contributed by atoms with Crippen molar-refractivity contribution >= 4 is 40.2 Å². The van der Waals surface area contributed by atoms with Crippen molar-refractivity contribution in [3.05, 3.63) is 58.7 Å². The summed E-state index contributed by atoms with van der Waals surface area (Å²) in [6, 6.07) is 13.9. The van der Waals surface area contributed by atoms with E-state index in [4.69, 9.17) is 16.3 Å². The van der Waals surface area contributed by atoms with E-state index in [0.29, 0.717) is 17.3 Å². The standard InChI is InChI=1S/C21H21ClN2O2S/c1-13-4-9-17-18(11-13)24-19(21(25)23-12-15-3-2-10-26-15)20(17)27-16-7-5-14(22)6-8-16/h4-9,11,15,24H,2-3,10,12H2,1H3,(H,23,25)/t15-/m0/s1. The molecule has 2 heterocycles. The summed E-state index contributed by atoms with van der Waals surface area (Å²) in [7, 11) is 0. The Morgan fingerprint density at radius 3 is 2.85 bits per heavy atom. The predicted octanol–water partition coefficient (Wildman–Crippen LogP) is 5.19. The van der Waals surface area contributed by atoms with Crippen LogP contribution in [-0.4, -0.2) is 30.1 Å². The van der Waals surface area contributed by atoms with E-state index in [2.05, 4.69) is 28.5 Å². The van der Waals surface area contributed by atoms with Gasteiger partial charge in [-0.2, -0.15) is 0 Å². The van der Waals surface area contributed by atoms with E-state index in [9.17, 15) is 4.79 Å². The molecule has 0 unspecified atom stereocenters. The van der Waals surface area contributed by atoms with Crippen LogP contribution in [0.15, 0.2) is 52.3 Å². The largest absolute Gasteiger partial charge is 0.376 e. The van der Waals surface area contributed by atoms with Crippen molar-refractivity contribution in [3.63, 3.8) is 0 Å². The topological polar surface area (TPSA) is 54.1 Å². The molecule has 0 bridgehead atoms. The van der Waals surface area contributed by atoms with Gasteiger partial charge in [-0.3, -0.25) is 4.79 Å². The molecular formula is C21H21ClN2O2S.